The molecule has 1 aliphatic rings. The number of hydrogen-bond acceptors (Lipinski definition) is 5. The molecule has 1 fully saturated rings. The Kier molecular flexibility index (Phi) is 7.67. The summed E-state index contributed by atoms with van der Waals surface area (Å²) in [4.78, 5) is 16.1. The quantitative estimate of drug-likeness (QED) is 0.698. The van der Waals surface area contributed by atoms with E-state index >= 15 is 0 Å². The smallest absolute Gasteiger partial charge is 0.406 e. The summed E-state index contributed by atoms with van der Waals surface area (Å²) in [5.74, 6) is -0.235. The molecular formula is C17H24F3N3O3. The summed E-state index contributed by atoms with van der Waals surface area (Å²) in [5, 5.41) is 2.79. The Morgan fingerprint density at radius 3 is 2.31 bits per heavy atom. The van der Waals surface area contributed by atoms with Gasteiger partial charge in [0.25, 0.3) is 0 Å². The van der Waals surface area contributed by atoms with E-state index in [2.05, 4.69) is 19.9 Å². The largest absolute Gasteiger partial charge is 0.573 e. The molecule has 0 aromatic heterocycles. The van der Waals surface area contributed by atoms with Crippen LogP contribution in [0.1, 0.15) is 5.56 Å². The molecule has 1 N–H and O–H groups in total. The third-order valence-electron chi connectivity index (χ3n) is 4.02. The monoisotopic (exact) mass is 375 g/mol. The Labute approximate surface area is 150 Å². The molecule has 0 spiro atoms. The number of alkyl halides is 3. The highest BCUT2D eigenvalue weighted by Gasteiger charge is 2.31. The molecule has 0 atom stereocenters. The second-order valence-corrected chi connectivity index (χ2v) is 6.09. The van der Waals surface area contributed by atoms with Gasteiger partial charge in [0, 0.05) is 46.4 Å². The van der Waals surface area contributed by atoms with Gasteiger partial charge in [-0.2, -0.15) is 0 Å². The van der Waals surface area contributed by atoms with E-state index in [1.165, 1.54) is 12.1 Å². The molecule has 1 heterocycles. The first-order valence-corrected chi connectivity index (χ1v) is 8.41. The van der Waals surface area contributed by atoms with Crippen LogP contribution >= 0.6 is 0 Å². The van der Waals surface area contributed by atoms with E-state index in [4.69, 9.17) is 4.74 Å². The van der Waals surface area contributed by atoms with Crippen molar-refractivity contribution in [2.75, 3.05) is 53.0 Å². The van der Waals surface area contributed by atoms with Crippen LogP contribution in [0.3, 0.4) is 0 Å². The number of carbonyl (C=O) groups is 1. The molecule has 0 bridgehead atoms. The Morgan fingerprint density at radius 1 is 1.12 bits per heavy atom. The van der Waals surface area contributed by atoms with Crippen molar-refractivity contribution in [3.63, 3.8) is 0 Å². The number of hydrogen-bond donors (Lipinski definition) is 1. The predicted octanol–water partition coefficient (Wildman–Crippen LogP) is 1.47. The van der Waals surface area contributed by atoms with Crippen molar-refractivity contribution in [2.24, 2.45) is 0 Å². The second kappa shape index (κ2) is 9.75. The van der Waals surface area contributed by atoms with E-state index in [1.807, 2.05) is 0 Å². The summed E-state index contributed by atoms with van der Waals surface area (Å²) in [6.45, 7) is 5.15. The maximum absolute atomic E-state index is 12.2. The first kappa shape index (κ1) is 20.5. The summed E-state index contributed by atoms with van der Waals surface area (Å²) in [7, 11) is 1.59. The molecule has 0 unspecified atom stereocenters. The molecular weight excluding hydrogens is 351 g/mol. The average Bonchev–Trinajstić information content (AvgIpc) is 2.57. The number of methoxy groups -OCH3 is 1. The third-order valence-corrected chi connectivity index (χ3v) is 4.02. The van der Waals surface area contributed by atoms with Gasteiger partial charge in [-0.15, -0.1) is 13.2 Å². The first-order chi connectivity index (χ1) is 12.4. The predicted molar refractivity (Wildman–Crippen MR) is 89.7 cm³/mol. The van der Waals surface area contributed by atoms with E-state index in [1.54, 1.807) is 19.2 Å². The van der Waals surface area contributed by atoms with Crippen molar-refractivity contribution in [3.05, 3.63) is 29.8 Å². The number of nitrogens with zero attached hydrogens (tertiary/aromatic N) is 2. The zero-order valence-corrected chi connectivity index (χ0v) is 14.7. The van der Waals surface area contributed by atoms with Crippen LogP contribution in [-0.4, -0.2) is 75.1 Å². The lowest BCUT2D eigenvalue weighted by Gasteiger charge is -2.34. The maximum atomic E-state index is 12.2. The normalized spacial score (nSPS) is 16.5. The fourth-order valence-corrected chi connectivity index (χ4v) is 2.71. The van der Waals surface area contributed by atoms with Gasteiger partial charge in [-0.1, -0.05) is 12.1 Å². The first-order valence-electron chi connectivity index (χ1n) is 8.41. The van der Waals surface area contributed by atoms with Gasteiger partial charge in [-0.25, -0.2) is 0 Å². The summed E-state index contributed by atoms with van der Waals surface area (Å²) in [5.41, 5.74) is 0.922. The molecule has 1 saturated heterocycles. The van der Waals surface area contributed by atoms with Gasteiger partial charge in [-0.3, -0.25) is 14.6 Å². The molecule has 9 heteroatoms. The van der Waals surface area contributed by atoms with Crippen LogP contribution in [0.15, 0.2) is 24.3 Å². The molecule has 146 valence electrons. The topological polar surface area (TPSA) is 54.0 Å². The summed E-state index contributed by atoms with van der Waals surface area (Å²) >= 11 is 0. The summed E-state index contributed by atoms with van der Waals surface area (Å²) in [6.07, 6.45) is -4.67. The Morgan fingerprint density at radius 2 is 1.73 bits per heavy atom. The average molecular weight is 375 g/mol. The molecule has 0 saturated carbocycles. The zero-order chi connectivity index (χ0) is 19.0. The zero-order valence-electron chi connectivity index (χ0n) is 14.7. The third kappa shape index (κ3) is 7.59. The minimum Gasteiger partial charge on any atom is -0.406 e. The molecule has 2 rings (SSSR count). The fraction of sp³-hybridized carbons (Fsp3) is 0.588. The van der Waals surface area contributed by atoms with E-state index in [-0.39, 0.29) is 11.7 Å². The van der Waals surface area contributed by atoms with Gasteiger partial charge in [0.15, 0.2) is 0 Å². The Balaban J connectivity index is 1.70. The van der Waals surface area contributed by atoms with Gasteiger partial charge in [0.05, 0.1) is 13.2 Å². The van der Waals surface area contributed by atoms with E-state index < -0.39 is 6.36 Å². The molecule has 1 aliphatic heterocycles. The minimum absolute atomic E-state index is 0.0178. The van der Waals surface area contributed by atoms with Crippen LogP contribution in [0.5, 0.6) is 5.75 Å². The number of carbonyl (C=O) groups excluding carboxylic acids is 1. The van der Waals surface area contributed by atoms with E-state index in [9.17, 15) is 18.0 Å². The number of piperazine rings is 1. The van der Waals surface area contributed by atoms with Crippen molar-refractivity contribution >= 4 is 5.91 Å². The van der Waals surface area contributed by atoms with Crippen LogP contribution < -0.4 is 10.1 Å². The Bertz CT molecular complexity index is 559. The van der Waals surface area contributed by atoms with E-state index in [0.29, 0.717) is 26.2 Å². The van der Waals surface area contributed by atoms with Crippen LogP contribution in [-0.2, 0) is 16.1 Å². The van der Waals surface area contributed by atoms with Crippen LogP contribution in [0, 0.1) is 0 Å². The standard InChI is InChI=1S/C17H24F3N3O3/c1-25-11-6-21-16(24)13-23-9-7-22(8-10-23)12-14-2-4-15(5-3-14)26-17(18,19)20/h2-5H,6-13H2,1H3,(H,21,24). The SMILES string of the molecule is COCCNC(=O)CN1CCN(Cc2ccc(OC(F)(F)F)cc2)CC1. The van der Waals surface area contributed by atoms with Gasteiger partial charge in [0.1, 0.15) is 5.75 Å². The van der Waals surface area contributed by atoms with Crippen molar-refractivity contribution in [2.45, 2.75) is 12.9 Å². The number of benzene rings is 1. The lowest BCUT2D eigenvalue weighted by Crippen LogP contribution is -2.49. The molecule has 0 radical (unpaired) electrons. The van der Waals surface area contributed by atoms with Gasteiger partial charge < -0.3 is 14.8 Å². The van der Waals surface area contributed by atoms with Crippen LogP contribution in [0.4, 0.5) is 13.2 Å². The lowest BCUT2D eigenvalue weighted by atomic mass is 10.2. The molecule has 1 aromatic carbocycles. The van der Waals surface area contributed by atoms with Crippen molar-refractivity contribution in [1.82, 2.24) is 15.1 Å². The maximum Gasteiger partial charge on any atom is 0.573 e. The number of ether oxygens (including phenoxy) is 2. The van der Waals surface area contributed by atoms with Crippen molar-refractivity contribution in [1.29, 1.82) is 0 Å². The highest BCUT2D eigenvalue weighted by molar-refractivity contribution is 5.78. The lowest BCUT2D eigenvalue weighted by molar-refractivity contribution is -0.274. The Hall–Kier alpha value is -1.84. The molecule has 6 nitrogen and oxygen atoms in total. The number of rotatable bonds is 8. The van der Waals surface area contributed by atoms with Crippen molar-refractivity contribution < 1.29 is 27.4 Å². The molecule has 1 amide bonds. The van der Waals surface area contributed by atoms with Crippen LogP contribution in [0.2, 0.25) is 0 Å². The van der Waals surface area contributed by atoms with Crippen molar-refractivity contribution in [3.8, 4) is 5.75 Å². The molecule has 0 aliphatic carbocycles. The summed E-state index contributed by atoms with van der Waals surface area (Å²) in [6, 6.07) is 5.92. The van der Waals surface area contributed by atoms with Gasteiger partial charge in [0.2, 0.25) is 5.91 Å². The molecule has 1 aromatic rings. The number of halogens is 3. The highest BCUT2D eigenvalue weighted by atomic mass is 19.4. The van der Waals surface area contributed by atoms with Gasteiger partial charge in [-0.05, 0) is 17.7 Å². The second-order valence-electron chi connectivity index (χ2n) is 6.09. The highest BCUT2D eigenvalue weighted by Crippen LogP contribution is 2.23. The van der Waals surface area contributed by atoms with E-state index in [0.717, 1.165) is 31.7 Å². The van der Waals surface area contributed by atoms with Crippen LogP contribution in [0.25, 0.3) is 0 Å². The number of nitrogens with one attached hydrogen (secondary N) is 1. The minimum atomic E-state index is -4.67. The fourth-order valence-electron chi connectivity index (χ4n) is 2.71. The van der Waals surface area contributed by atoms with Gasteiger partial charge >= 0.3 is 6.36 Å². The molecule has 26 heavy (non-hydrogen) atoms. The number of amides is 1. The summed E-state index contributed by atoms with van der Waals surface area (Å²) < 4.78 is 45.2.